The molecule has 4 rings (SSSR count). The van der Waals surface area contributed by atoms with E-state index in [9.17, 15) is 26.3 Å². The summed E-state index contributed by atoms with van der Waals surface area (Å²) >= 11 is 0. The van der Waals surface area contributed by atoms with Crippen molar-refractivity contribution in [3.8, 4) is 0 Å². The third kappa shape index (κ3) is 5.96. The van der Waals surface area contributed by atoms with Crippen molar-refractivity contribution >= 4 is 11.1 Å². The lowest BCUT2D eigenvalue weighted by Crippen LogP contribution is -2.23. The molecule has 0 spiro atoms. The Bertz CT molecular complexity index is 1370. The first-order chi connectivity index (χ1) is 16.6. The van der Waals surface area contributed by atoms with Crippen molar-refractivity contribution in [1.82, 2.24) is 0 Å². The molecule has 0 aliphatic heterocycles. The van der Waals surface area contributed by atoms with Gasteiger partial charge in [0, 0.05) is 5.22 Å². The minimum absolute atomic E-state index is 0.0696. The maximum Gasteiger partial charge on any atom is 0.398 e. The molecule has 0 aromatic heterocycles. The van der Waals surface area contributed by atoms with Crippen molar-refractivity contribution in [2.45, 2.75) is 38.7 Å². The molecule has 2 aromatic carbocycles. The van der Waals surface area contributed by atoms with Gasteiger partial charge >= 0.3 is 6.11 Å². The van der Waals surface area contributed by atoms with E-state index in [1.165, 1.54) is 42.5 Å². The van der Waals surface area contributed by atoms with Gasteiger partial charge in [0.2, 0.25) is 0 Å². The van der Waals surface area contributed by atoms with Crippen molar-refractivity contribution in [3.63, 3.8) is 0 Å². The zero-order valence-electron chi connectivity index (χ0n) is 18.9. The zero-order chi connectivity index (χ0) is 25.2. The second-order valence-corrected chi connectivity index (χ2v) is 8.47. The molecule has 182 valence electrons. The predicted molar refractivity (Wildman–Crippen MR) is 123 cm³/mol. The fourth-order valence-electron chi connectivity index (χ4n) is 3.95. The van der Waals surface area contributed by atoms with E-state index in [1.54, 1.807) is 13.0 Å². The van der Waals surface area contributed by atoms with Gasteiger partial charge in [-0.15, -0.1) is 0 Å². The summed E-state index contributed by atoms with van der Waals surface area (Å²) in [5, 5.41) is 0.0392. The summed E-state index contributed by atoms with van der Waals surface area (Å²) in [5.74, 6) is -2.68. The van der Waals surface area contributed by atoms with E-state index in [0.29, 0.717) is 16.7 Å². The highest BCUT2D eigenvalue weighted by Crippen LogP contribution is 2.29. The molecule has 0 unspecified atom stereocenters. The Balaban J connectivity index is 1.48. The summed E-state index contributed by atoms with van der Waals surface area (Å²) in [4.78, 5) is 0. The molecule has 0 atom stereocenters. The minimum atomic E-state index is -3.52. The molecule has 0 fully saturated rings. The van der Waals surface area contributed by atoms with Crippen LogP contribution in [0.1, 0.15) is 30.4 Å². The Hall–Kier alpha value is -3.48. The van der Waals surface area contributed by atoms with Gasteiger partial charge in [-0.3, -0.25) is 0 Å². The number of halogens is 6. The Morgan fingerprint density at radius 3 is 2.09 bits per heavy atom. The highest BCUT2D eigenvalue weighted by Gasteiger charge is 2.32. The topological polar surface area (TPSA) is 9.23 Å². The monoisotopic (exact) mass is 488 g/mol. The van der Waals surface area contributed by atoms with Crippen LogP contribution in [-0.4, -0.2) is 6.11 Å². The van der Waals surface area contributed by atoms with Crippen LogP contribution in [-0.2, 0) is 11.2 Å². The first-order valence-corrected chi connectivity index (χ1v) is 11.1. The van der Waals surface area contributed by atoms with Crippen molar-refractivity contribution < 1.29 is 31.1 Å². The number of rotatable bonds is 5. The fraction of sp³-hybridized carbons (Fsp3) is 0.214. The molecule has 2 aliphatic rings. The minimum Gasteiger partial charge on any atom is -0.433 e. The lowest BCUT2D eigenvalue weighted by Gasteiger charge is -2.20. The second-order valence-electron chi connectivity index (χ2n) is 8.47. The molecule has 0 heterocycles. The van der Waals surface area contributed by atoms with Gasteiger partial charge in [-0.25, -0.2) is 17.6 Å². The summed E-state index contributed by atoms with van der Waals surface area (Å²) in [5.41, 5.74) is 1.71. The van der Waals surface area contributed by atoms with Crippen molar-refractivity contribution in [2.75, 3.05) is 0 Å². The predicted octanol–water partition coefficient (Wildman–Crippen LogP) is 6.61. The Morgan fingerprint density at radius 1 is 0.800 bits per heavy atom. The van der Waals surface area contributed by atoms with Gasteiger partial charge in [0.1, 0.15) is 29.0 Å². The molecule has 1 nitrogen and oxygen atoms in total. The van der Waals surface area contributed by atoms with Crippen molar-refractivity contribution in [1.29, 1.82) is 0 Å². The van der Waals surface area contributed by atoms with Gasteiger partial charge in [0.05, 0.1) is 6.42 Å². The summed E-state index contributed by atoms with van der Waals surface area (Å²) < 4.78 is 89.9. The van der Waals surface area contributed by atoms with E-state index >= 15 is 0 Å². The second kappa shape index (κ2) is 10.0. The summed E-state index contributed by atoms with van der Waals surface area (Å²) in [6, 6.07) is 6.75. The quantitative estimate of drug-likeness (QED) is 0.430. The van der Waals surface area contributed by atoms with Gasteiger partial charge in [0.15, 0.2) is 0 Å². The number of ether oxygens (including phenoxy) is 1. The van der Waals surface area contributed by atoms with Crippen LogP contribution >= 0.6 is 0 Å². The first-order valence-electron chi connectivity index (χ1n) is 11.1. The molecule has 0 saturated carbocycles. The van der Waals surface area contributed by atoms with Crippen molar-refractivity contribution in [3.05, 3.63) is 117 Å². The normalized spacial score (nSPS) is 15.9. The summed E-state index contributed by atoms with van der Waals surface area (Å²) in [6.45, 7) is 1.71. The molecule has 0 amide bonds. The summed E-state index contributed by atoms with van der Waals surface area (Å²) in [7, 11) is 0. The molecule has 7 heteroatoms. The third-order valence-corrected chi connectivity index (χ3v) is 5.83. The molecule has 2 aromatic rings. The van der Waals surface area contributed by atoms with Crippen LogP contribution in [0.15, 0.2) is 78.4 Å². The van der Waals surface area contributed by atoms with E-state index in [1.807, 2.05) is 0 Å². The van der Waals surface area contributed by atoms with Crippen LogP contribution in [0.4, 0.5) is 26.3 Å². The fourth-order valence-corrected chi connectivity index (χ4v) is 3.95. The van der Waals surface area contributed by atoms with E-state index in [2.05, 4.69) is 0 Å². The molecular formula is C28H22F6O. The van der Waals surface area contributed by atoms with Crippen molar-refractivity contribution in [2.24, 2.45) is 0 Å². The number of benzene rings is 2. The average Bonchev–Trinajstić information content (AvgIpc) is 2.79. The number of aryl methyl sites for hydroxylation is 2. The van der Waals surface area contributed by atoms with Crippen LogP contribution in [0, 0.1) is 24.4 Å². The summed E-state index contributed by atoms with van der Waals surface area (Å²) in [6.07, 6.45) is 3.63. The smallest absolute Gasteiger partial charge is 0.398 e. The van der Waals surface area contributed by atoms with Crippen LogP contribution in [0.3, 0.4) is 0 Å². The molecular weight excluding hydrogens is 466 g/mol. The van der Waals surface area contributed by atoms with Crippen LogP contribution < -0.4 is 10.4 Å². The first kappa shape index (κ1) is 24.6. The van der Waals surface area contributed by atoms with Crippen LogP contribution in [0.2, 0.25) is 0 Å². The van der Waals surface area contributed by atoms with Gasteiger partial charge in [-0.2, -0.15) is 8.78 Å². The molecule has 2 aliphatic carbocycles. The Morgan fingerprint density at radius 2 is 1.49 bits per heavy atom. The highest BCUT2D eigenvalue weighted by atomic mass is 19.3. The zero-order valence-corrected chi connectivity index (χ0v) is 18.9. The van der Waals surface area contributed by atoms with E-state index < -0.39 is 35.8 Å². The Labute approximate surface area is 198 Å². The standard InChI is InChI=1S/C28H22F6O/c1-17-2-3-19(24(30)14-17)12-13-28(33,34)35-23-10-6-18(7-11-23)21-15-25(31)27(26(32)16-21)20-4-8-22(29)9-5-20/h2-4,6,8-11,14-16H,5,7,12-13H2,1H3. The van der Waals surface area contributed by atoms with Crippen LogP contribution in [0.25, 0.3) is 11.1 Å². The average molecular weight is 488 g/mol. The lowest BCUT2D eigenvalue weighted by molar-refractivity contribution is -0.214. The van der Waals surface area contributed by atoms with Gasteiger partial charge < -0.3 is 4.74 Å². The van der Waals surface area contributed by atoms with Gasteiger partial charge in [0.25, 0.3) is 0 Å². The van der Waals surface area contributed by atoms with Gasteiger partial charge in [-0.05, 0) is 96.2 Å². The molecule has 0 radical (unpaired) electrons. The molecule has 0 bridgehead atoms. The number of allylic oxidation sites excluding steroid dienone is 7. The Kier molecular flexibility index (Phi) is 7.05. The molecule has 0 N–H and O–H groups in total. The largest absolute Gasteiger partial charge is 0.433 e. The number of hydrogen-bond donors (Lipinski definition) is 0. The lowest BCUT2D eigenvalue weighted by atomic mass is 10.00. The van der Waals surface area contributed by atoms with E-state index in [4.69, 9.17) is 4.74 Å². The third-order valence-electron chi connectivity index (χ3n) is 5.83. The van der Waals surface area contributed by atoms with E-state index in [0.717, 1.165) is 18.2 Å². The van der Waals surface area contributed by atoms with Gasteiger partial charge in [-0.1, -0.05) is 24.3 Å². The maximum absolute atomic E-state index is 14.7. The molecule has 0 saturated heterocycles. The maximum atomic E-state index is 14.7. The highest BCUT2D eigenvalue weighted by molar-refractivity contribution is 5.64. The number of hydrogen-bond acceptors (Lipinski definition) is 1. The van der Waals surface area contributed by atoms with Crippen LogP contribution in [0.5, 0.6) is 0 Å². The SMILES string of the molecule is Cc1ccc(CCC(F)(F)OC2=CCC(=c3cc(F)c(=C4C=CC(F)=CC4)c(F)c3)C=C2)c(F)c1. The molecule has 35 heavy (non-hydrogen) atoms. The van der Waals surface area contributed by atoms with E-state index in [-0.39, 0.29) is 41.0 Å². The number of alkyl halides is 2.